The zero-order valence-electron chi connectivity index (χ0n) is 12.6. The van der Waals surface area contributed by atoms with Gasteiger partial charge in [0.1, 0.15) is 0 Å². The van der Waals surface area contributed by atoms with Crippen molar-refractivity contribution >= 4 is 16.3 Å². The maximum atomic E-state index is 4.77. The molecule has 2 aromatic heterocycles. The average Bonchev–Trinajstić information content (AvgIpc) is 3.13. The summed E-state index contributed by atoms with van der Waals surface area (Å²) < 4.78 is 2.15. The van der Waals surface area contributed by atoms with Gasteiger partial charge < -0.3 is 5.32 Å². The van der Waals surface area contributed by atoms with Crippen molar-refractivity contribution in [2.75, 3.05) is 6.54 Å². The first kappa shape index (κ1) is 14.1. The third kappa shape index (κ3) is 2.51. The lowest BCUT2D eigenvalue weighted by Gasteiger charge is -2.37. The van der Waals surface area contributed by atoms with Crippen molar-refractivity contribution in [3.8, 4) is 0 Å². The largest absolute Gasteiger partial charge is 0.313 e. The molecule has 0 amide bonds. The van der Waals surface area contributed by atoms with Gasteiger partial charge in [-0.05, 0) is 31.2 Å². The minimum atomic E-state index is 0.493. The van der Waals surface area contributed by atoms with Crippen LogP contribution in [-0.2, 0) is 6.42 Å². The molecule has 0 spiro atoms. The third-order valence-electron chi connectivity index (χ3n) is 5.05. The third-order valence-corrected chi connectivity index (χ3v) is 5.82. The van der Waals surface area contributed by atoms with Crippen LogP contribution in [0.4, 0.5) is 0 Å². The van der Waals surface area contributed by atoms with Gasteiger partial charge in [0.2, 0.25) is 0 Å². The van der Waals surface area contributed by atoms with E-state index in [9.17, 15) is 0 Å². The van der Waals surface area contributed by atoms with Gasteiger partial charge in [-0.3, -0.25) is 4.40 Å². The molecule has 1 aliphatic rings. The highest BCUT2D eigenvalue weighted by molar-refractivity contribution is 7.15. The zero-order valence-corrected chi connectivity index (χ0v) is 13.4. The van der Waals surface area contributed by atoms with E-state index in [0.717, 1.165) is 17.9 Å². The van der Waals surface area contributed by atoms with Crippen LogP contribution >= 0.6 is 11.3 Å². The van der Waals surface area contributed by atoms with Crippen LogP contribution in [0.3, 0.4) is 0 Å². The van der Waals surface area contributed by atoms with E-state index in [2.05, 4.69) is 41.3 Å². The number of likely N-dealkylation sites (N-methyl/N-ethyl adjacent to an activating group) is 1. The molecule has 2 aromatic rings. The second-order valence-corrected chi connectivity index (χ2v) is 6.94. The van der Waals surface area contributed by atoms with Crippen molar-refractivity contribution in [3.63, 3.8) is 0 Å². The molecule has 3 nitrogen and oxygen atoms in total. The highest BCUT2D eigenvalue weighted by atomic mass is 32.1. The van der Waals surface area contributed by atoms with E-state index in [0.29, 0.717) is 11.5 Å². The van der Waals surface area contributed by atoms with E-state index in [4.69, 9.17) is 4.98 Å². The number of hydrogen-bond acceptors (Lipinski definition) is 3. The number of nitrogens with one attached hydrogen (secondary N) is 1. The van der Waals surface area contributed by atoms with Crippen LogP contribution in [0.5, 0.6) is 0 Å². The van der Waals surface area contributed by atoms with Crippen LogP contribution in [-0.4, -0.2) is 22.0 Å². The summed E-state index contributed by atoms with van der Waals surface area (Å²) in [6.45, 7) is 5.63. The van der Waals surface area contributed by atoms with Crippen molar-refractivity contribution in [1.29, 1.82) is 0 Å². The summed E-state index contributed by atoms with van der Waals surface area (Å²) >= 11 is 1.72. The first-order valence-electron chi connectivity index (χ1n) is 7.92. The molecule has 1 aliphatic carbocycles. The van der Waals surface area contributed by atoms with Crippen molar-refractivity contribution in [1.82, 2.24) is 14.7 Å². The van der Waals surface area contributed by atoms with E-state index >= 15 is 0 Å². The molecule has 0 bridgehead atoms. The van der Waals surface area contributed by atoms with Crippen LogP contribution in [0.1, 0.15) is 51.6 Å². The molecule has 0 radical (unpaired) electrons. The standard InChI is InChI=1S/C16H25N3S/c1-3-16(7-5-6-8-16)14(17-4-2)11-13-12-19-9-10-20-15(19)18-13/h9-10,12,14,17H,3-8,11H2,1-2H3. The Morgan fingerprint density at radius 1 is 1.40 bits per heavy atom. The lowest BCUT2D eigenvalue weighted by molar-refractivity contribution is 0.185. The summed E-state index contributed by atoms with van der Waals surface area (Å²) in [6.07, 6.45) is 12.2. The summed E-state index contributed by atoms with van der Waals surface area (Å²) in [6, 6.07) is 0.574. The SMILES string of the molecule is CCNC(Cc1cn2ccsc2n1)C1(CC)CCCC1. The molecule has 0 saturated heterocycles. The van der Waals surface area contributed by atoms with Crippen LogP contribution in [0, 0.1) is 5.41 Å². The van der Waals surface area contributed by atoms with Gasteiger partial charge in [-0.15, -0.1) is 11.3 Å². The van der Waals surface area contributed by atoms with Crippen molar-refractivity contribution in [2.45, 2.75) is 58.4 Å². The van der Waals surface area contributed by atoms with E-state index in [1.54, 1.807) is 11.3 Å². The molecule has 1 N–H and O–H groups in total. The Balaban J connectivity index is 1.81. The predicted octanol–water partition coefficient (Wildman–Crippen LogP) is 3.89. The van der Waals surface area contributed by atoms with E-state index < -0.39 is 0 Å². The minimum Gasteiger partial charge on any atom is -0.313 e. The number of aromatic nitrogens is 2. The molecule has 20 heavy (non-hydrogen) atoms. The fraction of sp³-hybridized carbons (Fsp3) is 0.688. The molecule has 1 atom stereocenters. The van der Waals surface area contributed by atoms with Crippen molar-refractivity contribution in [3.05, 3.63) is 23.5 Å². The Labute approximate surface area is 125 Å². The summed E-state index contributed by atoms with van der Waals surface area (Å²) in [5, 5.41) is 5.85. The molecule has 1 unspecified atom stereocenters. The lowest BCUT2D eigenvalue weighted by atomic mass is 9.74. The van der Waals surface area contributed by atoms with E-state index in [1.165, 1.54) is 37.8 Å². The molecular weight excluding hydrogens is 266 g/mol. The van der Waals surface area contributed by atoms with E-state index in [-0.39, 0.29) is 0 Å². The van der Waals surface area contributed by atoms with Crippen molar-refractivity contribution < 1.29 is 0 Å². The fourth-order valence-electron chi connectivity index (χ4n) is 3.86. The first-order valence-corrected chi connectivity index (χ1v) is 8.80. The Hall–Kier alpha value is -0.870. The van der Waals surface area contributed by atoms with Gasteiger partial charge in [0.05, 0.1) is 5.69 Å². The minimum absolute atomic E-state index is 0.493. The van der Waals surface area contributed by atoms with Crippen LogP contribution < -0.4 is 5.32 Å². The summed E-state index contributed by atoms with van der Waals surface area (Å²) in [5.74, 6) is 0. The van der Waals surface area contributed by atoms with Gasteiger partial charge in [-0.2, -0.15) is 0 Å². The molecule has 1 saturated carbocycles. The maximum Gasteiger partial charge on any atom is 0.193 e. The second kappa shape index (κ2) is 5.86. The smallest absolute Gasteiger partial charge is 0.193 e. The molecular formula is C16H25N3S. The molecule has 3 rings (SSSR count). The predicted molar refractivity (Wildman–Crippen MR) is 85.4 cm³/mol. The molecule has 0 aliphatic heterocycles. The van der Waals surface area contributed by atoms with Crippen LogP contribution in [0.2, 0.25) is 0 Å². The summed E-state index contributed by atoms with van der Waals surface area (Å²) in [4.78, 5) is 5.89. The summed E-state index contributed by atoms with van der Waals surface area (Å²) in [7, 11) is 0. The highest BCUT2D eigenvalue weighted by Crippen LogP contribution is 2.44. The number of hydrogen-bond donors (Lipinski definition) is 1. The first-order chi connectivity index (χ1) is 9.77. The molecule has 110 valence electrons. The number of fused-ring (bicyclic) bond motifs is 1. The van der Waals surface area contributed by atoms with Crippen LogP contribution in [0.25, 0.3) is 4.96 Å². The van der Waals surface area contributed by atoms with Gasteiger partial charge in [0, 0.05) is 30.2 Å². The molecule has 4 heteroatoms. The number of nitrogens with zero attached hydrogens (tertiary/aromatic N) is 2. The quantitative estimate of drug-likeness (QED) is 0.875. The van der Waals surface area contributed by atoms with Gasteiger partial charge in [0.25, 0.3) is 0 Å². The monoisotopic (exact) mass is 291 g/mol. The Morgan fingerprint density at radius 2 is 2.20 bits per heavy atom. The fourth-order valence-corrected chi connectivity index (χ4v) is 4.58. The number of thiazole rings is 1. The number of imidazole rings is 1. The van der Waals surface area contributed by atoms with Crippen LogP contribution in [0.15, 0.2) is 17.8 Å². The number of rotatable bonds is 6. The van der Waals surface area contributed by atoms with Gasteiger partial charge in [-0.1, -0.05) is 26.7 Å². The summed E-state index contributed by atoms with van der Waals surface area (Å²) in [5.41, 5.74) is 1.73. The van der Waals surface area contributed by atoms with Crippen molar-refractivity contribution in [2.24, 2.45) is 5.41 Å². The Bertz CT molecular complexity index is 522. The Morgan fingerprint density at radius 3 is 2.85 bits per heavy atom. The zero-order chi connectivity index (χ0) is 14.0. The maximum absolute atomic E-state index is 4.77. The molecule has 2 heterocycles. The second-order valence-electron chi connectivity index (χ2n) is 6.06. The van der Waals surface area contributed by atoms with Gasteiger partial charge in [-0.25, -0.2) is 4.98 Å². The highest BCUT2D eigenvalue weighted by Gasteiger charge is 2.39. The topological polar surface area (TPSA) is 29.3 Å². The molecule has 1 fully saturated rings. The lowest BCUT2D eigenvalue weighted by Crippen LogP contribution is -2.45. The van der Waals surface area contributed by atoms with Gasteiger partial charge in [0.15, 0.2) is 4.96 Å². The normalized spacial score (nSPS) is 19.7. The molecule has 0 aromatic carbocycles. The Kier molecular flexibility index (Phi) is 4.13. The van der Waals surface area contributed by atoms with Gasteiger partial charge >= 0.3 is 0 Å². The average molecular weight is 291 g/mol. The van der Waals surface area contributed by atoms with E-state index in [1.807, 2.05) is 0 Å².